The Morgan fingerprint density at radius 2 is 2.30 bits per heavy atom. The highest BCUT2D eigenvalue weighted by atomic mass is 32.1. The molecule has 1 aliphatic rings. The van der Waals surface area contributed by atoms with Crippen LogP contribution >= 0.6 is 11.3 Å². The van der Waals surface area contributed by atoms with Gasteiger partial charge < -0.3 is 20.3 Å². The van der Waals surface area contributed by atoms with Gasteiger partial charge in [-0.3, -0.25) is 0 Å². The molecule has 146 valence electrons. The van der Waals surface area contributed by atoms with Gasteiger partial charge in [-0.2, -0.15) is 0 Å². The first-order valence-electron chi connectivity index (χ1n) is 9.50. The molecule has 27 heavy (non-hydrogen) atoms. The Balaban J connectivity index is 1.51. The summed E-state index contributed by atoms with van der Waals surface area (Å²) in [6.45, 7) is 8.67. The van der Waals surface area contributed by atoms with Crippen molar-refractivity contribution in [1.29, 1.82) is 0 Å². The summed E-state index contributed by atoms with van der Waals surface area (Å²) in [6.07, 6.45) is 3.08. The second-order valence-corrected chi connectivity index (χ2v) is 8.06. The van der Waals surface area contributed by atoms with Gasteiger partial charge >= 0.3 is 0 Å². The van der Waals surface area contributed by atoms with Crippen LogP contribution in [0.2, 0.25) is 0 Å². The van der Waals surface area contributed by atoms with E-state index < -0.39 is 0 Å². The van der Waals surface area contributed by atoms with E-state index in [-0.39, 0.29) is 0 Å². The number of guanidine groups is 1. The lowest BCUT2D eigenvalue weighted by molar-refractivity contribution is 0.415. The number of aliphatic imine (C=N–C) groups is 1. The molecule has 6 nitrogen and oxygen atoms in total. The number of nitrogens with one attached hydrogen (secondary N) is 2. The van der Waals surface area contributed by atoms with Gasteiger partial charge in [-0.15, -0.1) is 11.3 Å². The number of rotatable bonds is 7. The molecule has 0 bridgehead atoms. The Bertz CT molecular complexity index is 760. The topological polar surface area (TPSA) is 61.8 Å². The smallest absolute Gasteiger partial charge is 0.191 e. The van der Waals surface area contributed by atoms with Crippen molar-refractivity contribution in [2.75, 3.05) is 38.2 Å². The monoisotopic (exact) mass is 387 g/mol. The average Bonchev–Trinajstić information content (AvgIpc) is 3.33. The molecule has 1 fully saturated rings. The minimum absolute atomic E-state index is 0.599. The fourth-order valence-electron chi connectivity index (χ4n) is 3.24. The third-order valence-electron chi connectivity index (χ3n) is 4.65. The van der Waals surface area contributed by atoms with E-state index in [0.717, 1.165) is 42.9 Å². The van der Waals surface area contributed by atoms with Crippen molar-refractivity contribution in [3.63, 3.8) is 0 Å². The van der Waals surface area contributed by atoms with E-state index in [4.69, 9.17) is 4.74 Å². The predicted molar refractivity (Wildman–Crippen MR) is 113 cm³/mol. The number of ether oxygens (including phenoxy) is 1. The summed E-state index contributed by atoms with van der Waals surface area (Å²) < 4.78 is 5.34. The van der Waals surface area contributed by atoms with E-state index in [9.17, 15) is 0 Å². The van der Waals surface area contributed by atoms with E-state index in [1.165, 1.54) is 17.0 Å². The van der Waals surface area contributed by atoms with Crippen molar-refractivity contribution in [1.82, 2.24) is 15.6 Å². The van der Waals surface area contributed by atoms with Gasteiger partial charge in [0.1, 0.15) is 10.8 Å². The maximum absolute atomic E-state index is 5.34. The number of benzene rings is 1. The van der Waals surface area contributed by atoms with Crippen LogP contribution in [0.4, 0.5) is 5.69 Å². The van der Waals surface area contributed by atoms with Crippen molar-refractivity contribution in [3.8, 4) is 5.75 Å². The third kappa shape index (κ3) is 5.60. The Kier molecular flexibility index (Phi) is 6.92. The quantitative estimate of drug-likeness (QED) is 0.565. The molecular weight excluding hydrogens is 358 g/mol. The van der Waals surface area contributed by atoms with Gasteiger partial charge in [0, 0.05) is 49.0 Å². The lowest BCUT2D eigenvalue weighted by Crippen LogP contribution is -2.40. The maximum atomic E-state index is 5.34. The second-order valence-electron chi connectivity index (χ2n) is 6.74. The first-order chi connectivity index (χ1) is 13.2. The SMILES string of the molecule is CCNC(=NCc1ncc(C)s1)NCC1CCN(c2cccc(OC)c2)C1. The van der Waals surface area contributed by atoms with E-state index in [1.54, 1.807) is 18.4 Å². The first kappa shape index (κ1) is 19.5. The molecular formula is C20H29N5OS. The minimum Gasteiger partial charge on any atom is -0.497 e. The van der Waals surface area contributed by atoms with Gasteiger partial charge in [0.25, 0.3) is 0 Å². The molecule has 0 spiro atoms. The number of methoxy groups -OCH3 is 1. The number of nitrogens with zero attached hydrogens (tertiary/aromatic N) is 3. The van der Waals surface area contributed by atoms with Crippen LogP contribution in [0, 0.1) is 12.8 Å². The van der Waals surface area contributed by atoms with E-state index in [2.05, 4.69) is 57.6 Å². The highest BCUT2D eigenvalue weighted by molar-refractivity contribution is 7.11. The summed E-state index contributed by atoms with van der Waals surface area (Å²) >= 11 is 1.70. The number of anilines is 1. The molecule has 1 unspecified atom stereocenters. The summed E-state index contributed by atoms with van der Waals surface area (Å²) in [5.41, 5.74) is 1.23. The molecule has 1 aromatic heterocycles. The highest BCUT2D eigenvalue weighted by Gasteiger charge is 2.23. The Labute approximate surface area is 165 Å². The molecule has 2 aromatic rings. The average molecular weight is 388 g/mol. The molecule has 3 rings (SSSR count). The van der Waals surface area contributed by atoms with Crippen molar-refractivity contribution in [3.05, 3.63) is 40.3 Å². The zero-order valence-electron chi connectivity index (χ0n) is 16.4. The molecule has 2 heterocycles. The molecule has 0 saturated carbocycles. The predicted octanol–water partition coefficient (Wildman–Crippen LogP) is 3.04. The Hall–Kier alpha value is -2.28. The van der Waals surface area contributed by atoms with Gasteiger partial charge in [0.15, 0.2) is 5.96 Å². The van der Waals surface area contributed by atoms with Crippen molar-refractivity contribution < 1.29 is 4.74 Å². The Morgan fingerprint density at radius 3 is 3.04 bits per heavy atom. The molecule has 2 N–H and O–H groups in total. The maximum Gasteiger partial charge on any atom is 0.191 e. The number of aryl methyl sites for hydroxylation is 1. The molecule has 0 aliphatic carbocycles. The number of aromatic nitrogens is 1. The molecule has 1 aromatic carbocycles. The van der Waals surface area contributed by atoms with Crippen LogP contribution in [0.5, 0.6) is 5.75 Å². The number of hydrogen-bond donors (Lipinski definition) is 2. The Morgan fingerprint density at radius 1 is 1.41 bits per heavy atom. The zero-order chi connectivity index (χ0) is 19.1. The standard InChI is InChI=1S/C20H29N5OS/c1-4-21-20(24-13-19-22-11-15(2)27-19)23-12-16-8-9-25(14-16)17-6-5-7-18(10-17)26-3/h5-7,10-11,16H,4,8-9,12-14H2,1-3H3,(H2,21,23,24). The van der Waals surface area contributed by atoms with Crippen LogP contribution in [-0.4, -0.2) is 44.2 Å². The van der Waals surface area contributed by atoms with Crippen molar-refractivity contribution >= 4 is 23.0 Å². The summed E-state index contributed by atoms with van der Waals surface area (Å²) in [7, 11) is 1.71. The van der Waals surface area contributed by atoms with Crippen LogP contribution in [-0.2, 0) is 6.54 Å². The summed E-state index contributed by atoms with van der Waals surface area (Å²) in [5.74, 6) is 2.38. The molecule has 7 heteroatoms. The van der Waals surface area contributed by atoms with Gasteiger partial charge in [0.2, 0.25) is 0 Å². The molecule has 1 atom stereocenters. The van der Waals surface area contributed by atoms with Crippen molar-refractivity contribution in [2.45, 2.75) is 26.8 Å². The van der Waals surface area contributed by atoms with Crippen LogP contribution in [0.15, 0.2) is 35.5 Å². The van der Waals surface area contributed by atoms with Gasteiger partial charge in [-0.05, 0) is 38.3 Å². The van der Waals surface area contributed by atoms with Crippen LogP contribution in [0.25, 0.3) is 0 Å². The van der Waals surface area contributed by atoms with Crippen LogP contribution in [0.3, 0.4) is 0 Å². The lowest BCUT2D eigenvalue weighted by atomic mass is 10.1. The van der Waals surface area contributed by atoms with E-state index in [1.807, 2.05) is 12.3 Å². The summed E-state index contributed by atoms with van der Waals surface area (Å²) in [6, 6.07) is 8.30. The largest absolute Gasteiger partial charge is 0.497 e. The first-order valence-corrected chi connectivity index (χ1v) is 10.3. The number of hydrogen-bond acceptors (Lipinski definition) is 5. The van der Waals surface area contributed by atoms with E-state index in [0.29, 0.717) is 12.5 Å². The summed E-state index contributed by atoms with van der Waals surface area (Å²) in [5, 5.41) is 7.88. The van der Waals surface area contributed by atoms with Crippen LogP contribution in [0.1, 0.15) is 23.2 Å². The highest BCUT2D eigenvalue weighted by Crippen LogP contribution is 2.26. The fraction of sp³-hybridized carbons (Fsp3) is 0.500. The fourth-order valence-corrected chi connectivity index (χ4v) is 3.96. The normalized spacial score (nSPS) is 17.2. The molecule has 0 radical (unpaired) electrons. The lowest BCUT2D eigenvalue weighted by Gasteiger charge is -2.20. The van der Waals surface area contributed by atoms with Crippen LogP contribution < -0.4 is 20.3 Å². The van der Waals surface area contributed by atoms with Gasteiger partial charge in [0.05, 0.1) is 13.7 Å². The zero-order valence-corrected chi connectivity index (χ0v) is 17.2. The molecule has 1 saturated heterocycles. The summed E-state index contributed by atoms with van der Waals surface area (Å²) in [4.78, 5) is 12.7. The van der Waals surface area contributed by atoms with Gasteiger partial charge in [-0.25, -0.2) is 9.98 Å². The van der Waals surface area contributed by atoms with Crippen molar-refractivity contribution in [2.24, 2.45) is 10.9 Å². The minimum atomic E-state index is 0.599. The third-order valence-corrected chi connectivity index (χ3v) is 5.55. The number of thiazole rings is 1. The molecule has 1 aliphatic heterocycles. The van der Waals surface area contributed by atoms with Gasteiger partial charge in [-0.1, -0.05) is 6.07 Å². The second kappa shape index (κ2) is 9.60. The molecule has 0 amide bonds. The van der Waals surface area contributed by atoms with E-state index >= 15 is 0 Å².